The Morgan fingerprint density at radius 1 is 1.18 bits per heavy atom. The number of hydrogen-bond donors (Lipinski definition) is 1. The highest BCUT2D eigenvalue weighted by molar-refractivity contribution is 5.85. The summed E-state index contributed by atoms with van der Waals surface area (Å²) in [4.78, 5) is 2.62. The van der Waals surface area contributed by atoms with Gasteiger partial charge in [-0.25, -0.2) is 4.39 Å². The lowest BCUT2D eigenvalue weighted by Gasteiger charge is -2.50. The second kappa shape index (κ2) is 9.07. The van der Waals surface area contributed by atoms with E-state index >= 15 is 0 Å². The largest absolute Gasteiger partial charge is 0.330 e. The summed E-state index contributed by atoms with van der Waals surface area (Å²) in [5.74, 6) is 1.40. The minimum atomic E-state index is -0.0394. The summed E-state index contributed by atoms with van der Waals surface area (Å²) >= 11 is 0. The van der Waals surface area contributed by atoms with Gasteiger partial charge >= 0.3 is 0 Å². The average Bonchev–Trinajstić information content (AvgIpc) is 2.48. The van der Waals surface area contributed by atoms with Crippen molar-refractivity contribution in [3.05, 3.63) is 35.6 Å². The second-order valence-corrected chi connectivity index (χ2v) is 6.44. The van der Waals surface area contributed by atoms with Gasteiger partial charge in [0.2, 0.25) is 0 Å². The van der Waals surface area contributed by atoms with Crippen LogP contribution in [0.25, 0.3) is 0 Å². The molecule has 1 aromatic rings. The maximum atomic E-state index is 13.9. The Morgan fingerprint density at radius 2 is 1.95 bits per heavy atom. The highest BCUT2D eigenvalue weighted by Gasteiger charge is 2.40. The van der Waals surface area contributed by atoms with Crippen LogP contribution in [-0.2, 0) is 6.42 Å². The van der Waals surface area contributed by atoms with Gasteiger partial charge in [-0.05, 0) is 68.7 Å². The smallest absolute Gasteiger partial charge is 0.126 e. The SMILES string of the molecule is Cl.Cl.NCCCN1C[C@H]2CC[C@@H]1[C@@H](Cc1ccccc1F)C2. The van der Waals surface area contributed by atoms with Crippen LogP contribution in [0.3, 0.4) is 0 Å². The molecule has 0 amide bonds. The van der Waals surface area contributed by atoms with E-state index in [1.54, 1.807) is 12.1 Å². The Bertz CT molecular complexity index is 458. The predicted molar refractivity (Wildman–Crippen MR) is 94.5 cm³/mol. The molecule has 2 N–H and O–H groups in total. The van der Waals surface area contributed by atoms with Crippen molar-refractivity contribution in [1.82, 2.24) is 4.90 Å². The predicted octanol–water partition coefficient (Wildman–Crippen LogP) is 3.66. The highest BCUT2D eigenvalue weighted by atomic mass is 35.5. The van der Waals surface area contributed by atoms with E-state index in [-0.39, 0.29) is 30.6 Å². The maximum Gasteiger partial charge on any atom is 0.126 e. The van der Waals surface area contributed by atoms with Crippen LogP contribution in [0.2, 0.25) is 0 Å². The van der Waals surface area contributed by atoms with E-state index < -0.39 is 0 Å². The first-order valence-corrected chi connectivity index (χ1v) is 7.95. The highest BCUT2D eigenvalue weighted by Crippen LogP contribution is 2.40. The molecule has 2 aliphatic heterocycles. The molecular formula is C17H27Cl2FN2. The standard InChI is InChI=1S/C17H25FN2.2ClH/c18-16-5-2-1-4-14(16)11-15-10-13-6-7-17(15)20(12-13)9-3-8-19;;/h1-2,4-5,13,15,17H,3,6-12,19H2;2*1H/t13-,15+,17+;;/m0../s1. The van der Waals surface area contributed by atoms with E-state index in [2.05, 4.69) is 4.90 Å². The minimum absolute atomic E-state index is 0. The third kappa shape index (κ3) is 4.35. The van der Waals surface area contributed by atoms with E-state index in [0.717, 1.165) is 37.4 Å². The lowest BCUT2D eigenvalue weighted by atomic mass is 9.70. The summed E-state index contributed by atoms with van der Waals surface area (Å²) in [5, 5.41) is 0. The van der Waals surface area contributed by atoms with E-state index in [1.807, 2.05) is 12.1 Å². The lowest BCUT2D eigenvalue weighted by Crippen LogP contribution is -2.54. The van der Waals surface area contributed by atoms with Crippen LogP contribution in [-0.4, -0.2) is 30.6 Å². The molecule has 1 saturated carbocycles. The molecule has 3 fully saturated rings. The Labute approximate surface area is 145 Å². The molecule has 2 saturated heterocycles. The van der Waals surface area contributed by atoms with Crippen LogP contribution in [0.15, 0.2) is 24.3 Å². The average molecular weight is 349 g/mol. The summed E-state index contributed by atoms with van der Waals surface area (Å²) in [7, 11) is 0. The van der Waals surface area contributed by atoms with Crippen LogP contribution in [0.4, 0.5) is 4.39 Å². The molecule has 22 heavy (non-hydrogen) atoms. The van der Waals surface area contributed by atoms with Gasteiger partial charge in [0.15, 0.2) is 0 Å². The van der Waals surface area contributed by atoms with Gasteiger partial charge in [0.05, 0.1) is 0 Å². The van der Waals surface area contributed by atoms with Crippen molar-refractivity contribution in [3.63, 3.8) is 0 Å². The van der Waals surface area contributed by atoms with Gasteiger partial charge in [-0.1, -0.05) is 18.2 Å². The van der Waals surface area contributed by atoms with Gasteiger partial charge in [0.1, 0.15) is 5.82 Å². The van der Waals surface area contributed by atoms with Gasteiger partial charge in [0, 0.05) is 12.6 Å². The van der Waals surface area contributed by atoms with Crippen molar-refractivity contribution >= 4 is 24.8 Å². The summed E-state index contributed by atoms with van der Waals surface area (Å²) in [5.41, 5.74) is 6.54. The molecular weight excluding hydrogens is 322 g/mol. The van der Waals surface area contributed by atoms with Gasteiger partial charge in [-0.15, -0.1) is 24.8 Å². The molecule has 0 unspecified atom stereocenters. The van der Waals surface area contributed by atoms with Crippen molar-refractivity contribution in [3.8, 4) is 0 Å². The number of piperidine rings is 2. The Balaban J connectivity index is 0.00000121. The number of nitrogens with two attached hydrogens (primary N) is 1. The van der Waals surface area contributed by atoms with Crippen molar-refractivity contribution in [2.75, 3.05) is 19.6 Å². The molecule has 126 valence electrons. The number of nitrogens with zero attached hydrogens (tertiary/aromatic N) is 1. The molecule has 2 heterocycles. The molecule has 0 spiro atoms. The van der Waals surface area contributed by atoms with Crippen molar-refractivity contribution in [2.45, 2.75) is 38.1 Å². The van der Waals surface area contributed by atoms with Crippen molar-refractivity contribution < 1.29 is 4.39 Å². The Kier molecular flexibility index (Phi) is 8.12. The van der Waals surface area contributed by atoms with E-state index in [4.69, 9.17) is 5.73 Å². The summed E-state index contributed by atoms with van der Waals surface area (Å²) < 4.78 is 13.9. The third-order valence-corrected chi connectivity index (χ3v) is 5.10. The summed E-state index contributed by atoms with van der Waals surface area (Å²) in [6.07, 6.45) is 5.90. The second-order valence-electron chi connectivity index (χ2n) is 6.44. The van der Waals surface area contributed by atoms with Crippen LogP contribution in [0.1, 0.15) is 31.2 Å². The van der Waals surface area contributed by atoms with Gasteiger partial charge in [-0.3, -0.25) is 4.90 Å². The molecule has 1 aliphatic carbocycles. The van der Waals surface area contributed by atoms with Gasteiger partial charge < -0.3 is 5.73 Å². The number of fused-ring (bicyclic) bond motifs is 3. The Morgan fingerprint density at radius 3 is 2.64 bits per heavy atom. The molecule has 0 aromatic heterocycles. The zero-order valence-corrected chi connectivity index (χ0v) is 14.6. The summed E-state index contributed by atoms with van der Waals surface area (Å²) in [6.45, 7) is 3.12. The molecule has 1 aromatic carbocycles. The molecule has 4 rings (SSSR count). The Hall–Kier alpha value is -0.350. The maximum absolute atomic E-state index is 13.9. The van der Waals surface area contributed by atoms with E-state index in [1.165, 1.54) is 25.8 Å². The van der Waals surface area contributed by atoms with Crippen LogP contribution in [0.5, 0.6) is 0 Å². The first kappa shape index (κ1) is 19.7. The fourth-order valence-corrected chi connectivity index (χ4v) is 4.18. The topological polar surface area (TPSA) is 29.3 Å². The zero-order chi connectivity index (χ0) is 13.9. The fourth-order valence-electron chi connectivity index (χ4n) is 4.18. The van der Waals surface area contributed by atoms with E-state index in [9.17, 15) is 4.39 Å². The fraction of sp³-hybridized carbons (Fsp3) is 0.647. The molecule has 0 radical (unpaired) electrons. The summed E-state index contributed by atoms with van der Waals surface area (Å²) in [6, 6.07) is 7.90. The number of halogens is 3. The van der Waals surface area contributed by atoms with Crippen LogP contribution in [0, 0.1) is 17.7 Å². The lowest BCUT2D eigenvalue weighted by molar-refractivity contribution is 0.000920. The van der Waals surface area contributed by atoms with Crippen LogP contribution < -0.4 is 5.73 Å². The minimum Gasteiger partial charge on any atom is -0.330 e. The zero-order valence-electron chi connectivity index (χ0n) is 12.9. The van der Waals surface area contributed by atoms with Gasteiger partial charge in [-0.2, -0.15) is 0 Å². The first-order chi connectivity index (χ1) is 9.78. The number of benzene rings is 1. The van der Waals surface area contributed by atoms with E-state index in [0.29, 0.717) is 12.0 Å². The molecule has 2 nitrogen and oxygen atoms in total. The van der Waals surface area contributed by atoms with Crippen molar-refractivity contribution in [2.24, 2.45) is 17.6 Å². The van der Waals surface area contributed by atoms with Crippen molar-refractivity contribution in [1.29, 1.82) is 0 Å². The molecule has 3 atom stereocenters. The van der Waals surface area contributed by atoms with Crippen LogP contribution >= 0.6 is 24.8 Å². The monoisotopic (exact) mass is 348 g/mol. The quantitative estimate of drug-likeness (QED) is 0.879. The molecule has 5 heteroatoms. The number of rotatable bonds is 5. The van der Waals surface area contributed by atoms with Gasteiger partial charge in [0.25, 0.3) is 0 Å². The third-order valence-electron chi connectivity index (χ3n) is 5.10. The number of hydrogen-bond acceptors (Lipinski definition) is 2. The molecule has 3 aliphatic rings. The molecule has 2 bridgehead atoms. The first-order valence-electron chi connectivity index (χ1n) is 7.95. The normalized spacial score (nSPS) is 27.1.